The maximum absolute atomic E-state index is 12.7. The lowest BCUT2D eigenvalue weighted by Gasteiger charge is -2.33. The fourth-order valence-corrected chi connectivity index (χ4v) is 3.72. The number of hydrogen-bond donors (Lipinski definition) is 1. The number of carbonyl (C=O) groups is 1. The van der Waals surface area contributed by atoms with Crippen LogP contribution in [0.5, 0.6) is 0 Å². The number of quaternary nitrogens is 1. The Morgan fingerprint density at radius 2 is 1.76 bits per heavy atom. The van der Waals surface area contributed by atoms with Crippen LogP contribution in [-0.4, -0.2) is 51.8 Å². The van der Waals surface area contributed by atoms with E-state index in [0.29, 0.717) is 17.4 Å². The number of piperazine rings is 1. The summed E-state index contributed by atoms with van der Waals surface area (Å²) in [5, 5.41) is 8.46. The number of halogens is 1. The number of Topliss-reactive ketones (excluding diaryl/α,β-unsaturated/α-hetero) is 1. The Balaban J connectivity index is 1.40. The number of tetrazole rings is 1. The van der Waals surface area contributed by atoms with Gasteiger partial charge in [-0.2, -0.15) is 4.68 Å². The van der Waals surface area contributed by atoms with Crippen LogP contribution in [0.1, 0.15) is 17.3 Å². The van der Waals surface area contributed by atoms with E-state index in [1.54, 1.807) is 31.2 Å². The van der Waals surface area contributed by atoms with Crippen LogP contribution in [-0.2, 0) is 6.67 Å². The topological polar surface area (TPSA) is 77.5 Å². The van der Waals surface area contributed by atoms with E-state index in [4.69, 9.17) is 11.6 Å². The van der Waals surface area contributed by atoms with E-state index in [9.17, 15) is 9.59 Å². The highest BCUT2D eigenvalue weighted by molar-refractivity contribution is 6.32. The zero-order chi connectivity index (χ0) is 20.4. The number of nitrogens with one attached hydrogen (secondary N) is 1. The van der Waals surface area contributed by atoms with Gasteiger partial charge in [0.05, 0.1) is 36.9 Å². The molecule has 0 atom stereocenters. The summed E-state index contributed by atoms with van der Waals surface area (Å²) >= 11 is 6.17. The predicted molar refractivity (Wildman–Crippen MR) is 110 cm³/mol. The van der Waals surface area contributed by atoms with Crippen LogP contribution >= 0.6 is 11.6 Å². The van der Waals surface area contributed by atoms with Crippen LogP contribution in [0.4, 0.5) is 5.69 Å². The van der Waals surface area contributed by atoms with Gasteiger partial charge in [-0.05, 0) is 53.7 Å². The molecule has 0 amide bonds. The molecule has 1 aromatic heterocycles. The molecule has 3 aromatic rings. The summed E-state index contributed by atoms with van der Waals surface area (Å²) < 4.78 is 2.62. The van der Waals surface area contributed by atoms with Crippen molar-refractivity contribution in [1.82, 2.24) is 19.8 Å². The summed E-state index contributed by atoms with van der Waals surface area (Å²) in [7, 11) is 0. The summed E-state index contributed by atoms with van der Waals surface area (Å²) in [6.07, 6.45) is 0. The van der Waals surface area contributed by atoms with Gasteiger partial charge in [-0.25, -0.2) is 4.79 Å². The minimum absolute atomic E-state index is 0.0705. The quantitative estimate of drug-likeness (QED) is 0.621. The molecule has 2 heterocycles. The second kappa shape index (κ2) is 8.18. The molecule has 9 heteroatoms. The molecule has 1 aliphatic rings. The van der Waals surface area contributed by atoms with E-state index >= 15 is 0 Å². The molecule has 0 spiro atoms. The molecule has 0 bridgehead atoms. The van der Waals surface area contributed by atoms with Crippen LogP contribution < -0.4 is 15.5 Å². The Labute approximate surface area is 172 Å². The van der Waals surface area contributed by atoms with Crippen molar-refractivity contribution in [3.63, 3.8) is 0 Å². The maximum Gasteiger partial charge on any atom is 0.373 e. The van der Waals surface area contributed by atoms with Crippen LogP contribution in [0.2, 0.25) is 5.02 Å². The average molecular weight is 414 g/mol. The molecule has 0 unspecified atom stereocenters. The highest BCUT2D eigenvalue weighted by atomic mass is 35.5. The van der Waals surface area contributed by atoms with Crippen molar-refractivity contribution < 1.29 is 9.69 Å². The molecule has 1 N–H and O–H groups in total. The number of carbonyl (C=O) groups excluding carboxylic acids is 1. The van der Waals surface area contributed by atoms with Crippen LogP contribution in [0.3, 0.4) is 0 Å². The van der Waals surface area contributed by atoms with Gasteiger partial charge < -0.3 is 9.80 Å². The minimum Gasteiger partial charge on any atom is -0.360 e. The highest BCUT2D eigenvalue weighted by Gasteiger charge is 2.22. The SMILES string of the molecule is CC(=O)c1ccc(N2CC[NH+](Cn3nnn(-c4ccccc4Cl)c3=O)CC2)cc1. The molecule has 1 aliphatic heterocycles. The molecule has 150 valence electrons. The first-order chi connectivity index (χ1) is 14.0. The number of rotatable bonds is 5. The van der Waals surface area contributed by atoms with Crippen molar-refractivity contribution in [3.05, 3.63) is 69.6 Å². The molecule has 4 rings (SSSR count). The van der Waals surface area contributed by atoms with Gasteiger partial charge in [-0.3, -0.25) is 4.79 Å². The summed E-state index contributed by atoms with van der Waals surface area (Å²) in [4.78, 5) is 27.6. The van der Waals surface area contributed by atoms with E-state index in [2.05, 4.69) is 15.3 Å². The lowest BCUT2D eigenvalue weighted by atomic mass is 10.1. The highest BCUT2D eigenvalue weighted by Crippen LogP contribution is 2.17. The molecule has 29 heavy (non-hydrogen) atoms. The number of para-hydroxylation sites is 1. The molecule has 2 aromatic carbocycles. The Morgan fingerprint density at radius 3 is 2.41 bits per heavy atom. The summed E-state index contributed by atoms with van der Waals surface area (Å²) in [5.74, 6) is 0.0705. The number of benzene rings is 2. The van der Waals surface area contributed by atoms with Crippen molar-refractivity contribution in [2.75, 3.05) is 31.1 Å². The van der Waals surface area contributed by atoms with E-state index in [1.807, 2.05) is 24.3 Å². The first-order valence-corrected chi connectivity index (χ1v) is 9.88. The zero-order valence-corrected chi connectivity index (χ0v) is 16.8. The van der Waals surface area contributed by atoms with Gasteiger partial charge in [0.2, 0.25) is 0 Å². The van der Waals surface area contributed by atoms with Gasteiger partial charge in [0, 0.05) is 11.3 Å². The fourth-order valence-electron chi connectivity index (χ4n) is 3.51. The van der Waals surface area contributed by atoms with E-state index < -0.39 is 0 Å². The third kappa shape index (κ3) is 4.08. The molecule has 8 nitrogen and oxygen atoms in total. The first-order valence-electron chi connectivity index (χ1n) is 9.50. The lowest BCUT2D eigenvalue weighted by Crippen LogP contribution is -3.14. The summed E-state index contributed by atoms with van der Waals surface area (Å²) in [5.41, 5.74) is 2.06. The van der Waals surface area contributed by atoms with E-state index in [0.717, 1.165) is 37.4 Å². The zero-order valence-electron chi connectivity index (χ0n) is 16.1. The molecular formula is C20H22ClN6O2+. The van der Waals surface area contributed by atoms with Gasteiger partial charge in [0.15, 0.2) is 12.5 Å². The van der Waals surface area contributed by atoms with Crippen molar-refractivity contribution >= 4 is 23.1 Å². The standard InChI is InChI=1S/C20H21ClN6O2/c1-15(28)16-6-8-17(9-7-16)25-12-10-24(11-13-25)14-26-20(29)27(23-22-26)19-5-3-2-4-18(19)21/h2-9H,10-14H2,1H3/p+1. The molecule has 0 radical (unpaired) electrons. The average Bonchev–Trinajstić information content (AvgIpc) is 3.09. The summed E-state index contributed by atoms with van der Waals surface area (Å²) in [6.45, 7) is 5.51. The monoisotopic (exact) mass is 413 g/mol. The largest absolute Gasteiger partial charge is 0.373 e. The molecule has 0 saturated carbocycles. The molecule has 1 fully saturated rings. The maximum atomic E-state index is 12.7. The number of anilines is 1. The van der Waals surface area contributed by atoms with Gasteiger partial charge in [0.25, 0.3) is 0 Å². The van der Waals surface area contributed by atoms with Gasteiger partial charge >= 0.3 is 5.69 Å². The van der Waals surface area contributed by atoms with Gasteiger partial charge in [-0.15, -0.1) is 4.68 Å². The molecular weight excluding hydrogens is 392 g/mol. The number of ketones is 1. The Hall–Kier alpha value is -2.97. The fraction of sp³-hybridized carbons (Fsp3) is 0.300. The first kappa shape index (κ1) is 19.4. The van der Waals surface area contributed by atoms with Crippen molar-refractivity contribution in [3.8, 4) is 5.69 Å². The molecule has 0 aliphatic carbocycles. The number of aromatic nitrogens is 4. The smallest absolute Gasteiger partial charge is 0.360 e. The number of nitrogens with zero attached hydrogens (tertiary/aromatic N) is 5. The van der Waals surface area contributed by atoms with Gasteiger partial charge in [-0.1, -0.05) is 23.7 Å². The van der Waals surface area contributed by atoms with Crippen LogP contribution in [0, 0.1) is 0 Å². The Bertz CT molecular complexity index is 1070. The van der Waals surface area contributed by atoms with Crippen molar-refractivity contribution in [1.29, 1.82) is 0 Å². The van der Waals surface area contributed by atoms with E-state index in [1.165, 1.54) is 14.3 Å². The Kier molecular flexibility index (Phi) is 5.46. The number of hydrogen-bond acceptors (Lipinski definition) is 5. The van der Waals surface area contributed by atoms with Crippen LogP contribution in [0.25, 0.3) is 5.69 Å². The minimum atomic E-state index is -0.298. The second-order valence-corrected chi connectivity index (χ2v) is 7.53. The van der Waals surface area contributed by atoms with E-state index in [-0.39, 0.29) is 11.5 Å². The second-order valence-electron chi connectivity index (χ2n) is 7.12. The Morgan fingerprint density at radius 1 is 1.07 bits per heavy atom. The van der Waals surface area contributed by atoms with Gasteiger partial charge in [0.1, 0.15) is 0 Å². The van der Waals surface area contributed by atoms with Crippen molar-refractivity contribution in [2.24, 2.45) is 0 Å². The third-order valence-electron chi connectivity index (χ3n) is 5.20. The normalized spacial score (nSPS) is 14.9. The van der Waals surface area contributed by atoms with Crippen LogP contribution in [0.15, 0.2) is 53.3 Å². The lowest BCUT2D eigenvalue weighted by molar-refractivity contribution is -0.924. The predicted octanol–water partition coefficient (Wildman–Crippen LogP) is 0.648. The summed E-state index contributed by atoms with van der Waals surface area (Å²) in [6, 6.07) is 14.8. The third-order valence-corrected chi connectivity index (χ3v) is 5.52. The van der Waals surface area contributed by atoms with Crippen molar-refractivity contribution in [2.45, 2.75) is 13.6 Å². The molecule has 1 saturated heterocycles.